The van der Waals surface area contributed by atoms with Crippen molar-refractivity contribution in [2.75, 3.05) is 26.7 Å². The van der Waals surface area contributed by atoms with Crippen molar-refractivity contribution in [2.45, 2.75) is 25.7 Å². The molecule has 0 bridgehead atoms. The minimum Gasteiger partial charge on any atom is -0.497 e. The summed E-state index contributed by atoms with van der Waals surface area (Å²) in [6.45, 7) is 3.40. The van der Waals surface area contributed by atoms with Gasteiger partial charge in [-0.1, -0.05) is 30.3 Å². The third kappa shape index (κ3) is 4.58. The number of methoxy groups -OCH3 is 1. The van der Waals surface area contributed by atoms with E-state index in [9.17, 15) is 9.59 Å². The Morgan fingerprint density at radius 3 is 2.52 bits per heavy atom. The fraction of sp³-hybridized carbons (Fsp3) is 0.360. The zero-order valence-corrected chi connectivity index (χ0v) is 18.1. The number of nitrogens with one attached hydrogen (secondary N) is 2. The quantitative estimate of drug-likeness (QED) is 0.640. The minimum atomic E-state index is -0.0462. The molecule has 162 valence electrons. The highest BCUT2D eigenvalue weighted by molar-refractivity contribution is 5.84. The van der Waals surface area contributed by atoms with Gasteiger partial charge in [0.2, 0.25) is 11.8 Å². The molecule has 1 aliphatic rings. The molecule has 2 amide bonds. The third-order valence-corrected chi connectivity index (χ3v) is 6.31. The molecule has 1 atom stereocenters. The number of benzene rings is 2. The summed E-state index contributed by atoms with van der Waals surface area (Å²) in [7, 11) is 1.66. The van der Waals surface area contributed by atoms with Gasteiger partial charge in [-0.2, -0.15) is 0 Å². The number of hydrogen-bond acceptors (Lipinski definition) is 3. The molecule has 4 rings (SSSR count). The predicted molar refractivity (Wildman–Crippen MR) is 121 cm³/mol. The van der Waals surface area contributed by atoms with E-state index in [4.69, 9.17) is 4.74 Å². The molecule has 3 aromatic rings. The third-order valence-electron chi connectivity index (χ3n) is 6.31. The van der Waals surface area contributed by atoms with Gasteiger partial charge >= 0.3 is 0 Å². The Kier molecular flexibility index (Phi) is 6.26. The molecule has 2 aromatic carbocycles. The number of hydrogen-bond donors (Lipinski definition) is 2. The van der Waals surface area contributed by atoms with Crippen molar-refractivity contribution in [3.05, 3.63) is 65.9 Å². The van der Waals surface area contributed by atoms with Crippen LogP contribution >= 0.6 is 0 Å². The highest BCUT2D eigenvalue weighted by atomic mass is 16.5. The van der Waals surface area contributed by atoms with E-state index in [-0.39, 0.29) is 23.7 Å². The van der Waals surface area contributed by atoms with Crippen LogP contribution < -0.4 is 10.1 Å². The fourth-order valence-electron chi connectivity index (χ4n) is 4.43. The van der Waals surface area contributed by atoms with Gasteiger partial charge < -0.3 is 19.9 Å². The summed E-state index contributed by atoms with van der Waals surface area (Å²) in [4.78, 5) is 29.6. The smallest absolute Gasteiger partial charge is 0.223 e. The largest absolute Gasteiger partial charge is 0.497 e. The van der Waals surface area contributed by atoms with Gasteiger partial charge in [0.25, 0.3) is 0 Å². The number of nitrogens with zero attached hydrogens (tertiary/aromatic N) is 1. The first-order chi connectivity index (χ1) is 15.1. The topological polar surface area (TPSA) is 74.4 Å². The van der Waals surface area contributed by atoms with E-state index in [1.165, 1.54) is 0 Å². The highest BCUT2D eigenvalue weighted by Gasteiger charge is 2.27. The van der Waals surface area contributed by atoms with Gasteiger partial charge in [0.1, 0.15) is 5.75 Å². The van der Waals surface area contributed by atoms with Crippen LogP contribution in [-0.2, 0) is 9.59 Å². The normalized spacial score (nSPS) is 15.6. The van der Waals surface area contributed by atoms with Crippen LogP contribution in [0, 0.1) is 5.92 Å². The van der Waals surface area contributed by atoms with Crippen molar-refractivity contribution in [1.82, 2.24) is 15.2 Å². The van der Waals surface area contributed by atoms with Crippen LogP contribution in [0.1, 0.15) is 36.8 Å². The first-order valence-corrected chi connectivity index (χ1v) is 10.8. The number of rotatable bonds is 6. The Labute approximate surface area is 182 Å². The second-order valence-corrected chi connectivity index (χ2v) is 8.14. The molecule has 6 nitrogen and oxygen atoms in total. The van der Waals surface area contributed by atoms with Crippen LogP contribution in [0.3, 0.4) is 0 Å². The van der Waals surface area contributed by atoms with E-state index < -0.39 is 0 Å². The van der Waals surface area contributed by atoms with Crippen LogP contribution in [0.15, 0.2) is 54.7 Å². The van der Waals surface area contributed by atoms with Gasteiger partial charge in [-0.05, 0) is 42.2 Å². The second-order valence-electron chi connectivity index (χ2n) is 8.14. The average Bonchev–Trinajstić information content (AvgIpc) is 3.23. The zero-order chi connectivity index (χ0) is 21.8. The predicted octanol–water partition coefficient (Wildman–Crippen LogP) is 3.68. The number of carbonyl (C=O) groups is 2. The van der Waals surface area contributed by atoms with Crippen LogP contribution in [-0.4, -0.2) is 48.4 Å². The molecule has 0 radical (unpaired) electrons. The minimum absolute atomic E-state index is 0.0170. The van der Waals surface area contributed by atoms with Gasteiger partial charge in [0, 0.05) is 55.5 Å². The van der Waals surface area contributed by atoms with E-state index in [2.05, 4.69) is 34.6 Å². The van der Waals surface area contributed by atoms with Gasteiger partial charge in [-0.3, -0.25) is 9.59 Å². The maximum Gasteiger partial charge on any atom is 0.223 e. The Morgan fingerprint density at radius 2 is 1.84 bits per heavy atom. The van der Waals surface area contributed by atoms with Crippen LogP contribution in [0.5, 0.6) is 5.75 Å². The van der Waals surface area contributed by atoms with Crippen LogP contribution in [0.4, 0.5) is 0 Å². The Morgan fingerprint density at radius 1 is 1.13 bits per heavy atom. The molecule has 1 aromatic heterocycles. The number of ether oxygens (including phenoxy) is 1. The summed E-state index contributed by atoms with van der Waals surface area (Å²) in [6, 6.07) is 16.2. The maximum atomic E-state index is 12.9. The van der Waals surface area contributed by atoms with Gasteiger partial charge in [-0.15, -0.1) is 0 Å². The summed E-state index contributed by atoms with van der Waals surface area (Å²) in [5.74, 6) is 0.931. The van der Waals surface area contributed by atoms with Crippen LogP contribution in [0.2, 0.25) is 0 Å². The van der Waals surface area contributed by atoms with Crippen molar-refractivity contribution >= 4 is 22.7 Å². The Bertz CT molecular complexity index is 1050. The lowest BCUT2D eigenvalue weighted by molar-refractivity contribution is -0.133. The molecule has 0 saturated carbocycles. The van der Waals surface area contributed by atoms with Gasteiger partial charge in [0.05, 0.1) is 7.11 Å². The molecule has 1 aliphatic heterocycles. The number of carbonyl (C=O) groups excluding carboxylic acids is 2. The number of likely N-dealkylation sites (tertiary alicyclic amines) is 1. The summed E-state index contributed by atoms with van der Waals surface area (Å²) in [5.41, 5.74) is 3.36. The maximum absolute atomic E-state index is 12.9. The summed E-state index contributed by atoms with van der Waals surface area (Å²) in [6.07, 6.45) is 3.47. The lowest BCUT2D eigenvalue weighted by Crippen LogP contribution is -2.43. The number of aromatic nitrogens is 1. The molecule has 31 heavy (non-hydrogen) atoms. The monoisotopic (exact) mass is 419 g/mol. The fourth-order valence-corrected chi connectivity index (χ4v) is 4.43. The van der Waals surface area contributed by atoms with E-state index in [0.29, 0.717) is 32.5 Å². The molecule has 0 aliphatic carbocycles. The van der Waals surface area contributed by atoms with Gasteiger partial charge in [0.15, 0.2) is 0 Å². The molecule has 0 unspecified atom stereocenters. The molecule has 1 saturated heterocycles. The second kappa shape index (κ2) is 9.25. The lowest BCUT2D eigenvalue weighted by Gasteiger charge is -2.31. The van der Waals surface area contributed by atoms with Crippen molar-refractivity contribution < 1.29 is 14.3 Å². The summed E-state index contributed by atoms with van der Waals surface area (Å²) in [5, 5.41) is 4.35. The molecular weight excluding hydrogens is 390 g/mol. The summed E-state index contributed by atoms with van der Waals surface area (Å²) >= 11 is 0. The SMILES string of the molecule is COc1ccc([C@H](CNC(=O)C2CCN(C(C)=O)CC2)c2c[nH]c3ccccc23)cc1. The number of aromatic amines is 1. The van der Waals surface area contributed by atoms with E-state index in [1.54, 1.807) is 14.0 Å². The van der Waals surface area contributed by atoms with Crippen molar-refractivity contribution in [3.8, 4) is 5.75 Å². The van der Waals surface area contributed by atoms with E-state index in [0.717, 1.165) is 27.8 Å². The molecule has 6 heteroatoms. The lowest BCUT2D eigenvalue weighted by atomic mass is 9.90. The molecule has 0 spiro atoms. The van der Waals surface area contributed by atoms with Gasteiger partial charge in [-0.25, -0.2) is 0 Å². The first kappa shape index (κ1) is 21.0. The number of fused-ring (bicyclic) bond motifs is 1. The summed E-state index contributed by atoms with van der Waals surface area (Å²) < 4.78 is 5.31. The van der Waals surface area contributed by atoms with Crippen molar-refractivity contribution in [1.29, 1.82) is 0 Å². The highest BCUT2D eigenvalue weighted by Crippen LogP contribution is 2.31. The number of para-hydroxylation sites is 1. The van der Waals surface area contributed by atoms with E-state index in [1.807, 2.05) is 35.4 Å². The van der Waals surface area contributed by atoms with Crippen molar-refractivity contribution in [3.63, 3.8) is 0 Å². The number of amides is 2. The molecular formula is C25H29N3O3. The molecule has 1 fully saturated rings. The zero-order valence-electron chi connectivity index (χ0n) is 18.1. The number of piperidine rings is 1. The molecule has 2 heterocycles. The van der Waals surface area contributed by atoms with Crippen molar-refractivity contribution in [2.24, 2.45) is 5.92 Å². The van der Waals surface area contributed by atoms with Crippen LogP contribution in [0.25, 0.3) is 10.9 Å². The van der Waals surface area contributed by atoms with E-state index >= 15 is 0 Å². The standard InChI is InChI=1S/C25H29N3O3/c1-17(29)28-13-11-19(12-14-28)25(30)27-15-22(18-7-9-20(31-2)10-8-18)23-16-26-24-6-4-3-5-21(23)24/h3-10,16,19,22,26H,11-15H2,1-2H3,(H,27,30)/t22-/m0/s1. The average molecular weight is 420 g/mol. The molecule has 2 N–H and O–H groups in total. The number of H-pyrrole nitrogens is 1. The Balaban J connectivity index is 1.52. The first-order valence-electron chi connectivity index (χ1n) is 10.8. The Hall–Kier alpha value is -3.28.